The summed E-state index contributed by atoms with van der Waals surface area (Å²) in [6, 6.07) is 15.2. The second-order valence-corrected chi connectivity index (χ2v) is 6.28. The summed E-state index contributed by atoms with van der Waals surface area (Å²) in [6.45, 7) is 7.04. The molecular formula is C21H25N3O3. The number of hydrogen-bond donors (Lipinski definition) is 2. The quantitative estimate of drug-likeness (QED) is 0.449. The topological polar surface area (TPSA) is 79.8 Å². The lowest BCUT2D eigenvalue weighted by Gasteiger charge is -2.07. The number of benzene rings is 2. The average Bonchev–Trinajstić information content (AvgIpc) is 2.68. The molecule has 0 aliphatic rings. The first kappa shape index (κ1) is 20.2. The molecule has 0 aromatic heterocycles. The molecule has 0 fully saturated rings. The number of hydrogen-bond acceptors (Lipinski definition) is 4. The van der Waals surface area contributed by atoms with E-state index in [2.05, 4.69) is 29.7 Å². The molecule has 0 aliphatic carbocycles. The van der Waals surface area contributed by atoms with Crippen molar-refractivity contribution in [2.45, 2.75) is 33.2 Å². The zero-order valence-electron chi connectivity index (χ0n) is 15.9. The summed E-state index contributed by atoms with van der Waals surface area (Å²) in [6.07, 6.45) is 1.46. The van der Waals surface area contributed by atoms with E-state index in [4.69, 9.17) is 4.74 Å². The van der Waals surface area contributed by atoms with E-state index >= 15 is 0 Å². The summed E-state index contributed by atoms with van der Waals surface area (Å²) in [5.74, 6) is -0.324. The number of nitrogens with one attached hydrogen (secondary N) is 2. The molecule has 2 aromatic carbocycles. The minimum absolute atomic E-state index is 0.285. The van der Waals surface area contributed by atoms with Crippen LogP contribution >= 0.6 is 0 Å². The number of carbonyl (C=O) groups is 2. The third-order valence-corrected chi connectivity index (χ3v) is 3.88. The Kier molecular flexibility index (Phi) is 7.55. The van der Waals surface area contributed by atoms with Crippen LogP contribution in [0.2, 0.25) is 0 Å². The summed E-state index contributed by atoms with van der Waals surface area (Å²) < 4.78 is 5.35. The van der Waals surface area contributed by atoms with Crippen LogP contribution in [0, 0.1) is 0 Å². The molecule has 0 saturated carbocycles. The third kappa shape index (κ3) is 6.58. The van der Waals surface area contributed by atoms with E-state index in [9.17, 15) is 9.59 Å². The number of amides is 2. The molecule has 2 aromatic rings. The predicted octanol–water partition coefficient (Wildman–Crippen LogP) is 2.98. The molecule has 0 unspecified atom stereocenters. The Hall–Kier alpha value is -3.15. The number of hydrazone groups is 1. The maximum absolute atomic E-state index is 11.8. The second kappa shape index (κ2) is 10.1. The van der Waals surface area contributed by atoms with E-state index in [0.29, 0.717) is 12.5 Å². The molecule has 6 nitrogen and oxygen atoms in total. The van der Waals surface area contributed by atoms with Crippen LogP contribution < -0.4 is 15.5 Å². The van der Waals surface area contributed by atoms with Crippen molar-refractivity contribution in [3.8, 4) is 5.75 Å². The van der Waals surface area contributed by atoms with E-state index in [1.165, 1.54) is 11.8 Å². The fraction of sp³-hybridized carbons (Fsp3) is 0.286. The van der Waals surface area contributed by atoms with Crippen LogP contribution in [0.4, 0.5) is 0 Å². The largest absolute Gasteiger partial charge is 0.494 e. The Morgan fingerprint density at radius 1 is 1.04 bits per heavy atom. The number of nitrogens with zero attached hydrogens (tertiary/aromatic N) is 1. The van der Waals surface area contributed by atoms with Crippen LogP contribution in [-0.4, -0.2) is 24.6 Å². The van der Waals surface area contributed by atoms with Crippen LogP contribution in [-0.2, 0) is 16.1 Å². The van der Waals surface area contributed by atoms with Crippen LogP contribution in [0.3, 0.4) is 0 Å². The Morgan fingerprint density at radius 2 is 1.70 bits per heavy atom. The molecule has 0 radical (unpaired) electrons. The van der Waals surface area contributed by atoms with Gasteiger partial charge < -0.3 is 10.1 Å². The Bertz CT molecular complexity index is 781. The van der Waals surface area contributed by atoms with E-state index in [0.717, 1.165) is 16.9 Å². The molecule has 27 heavy (non-hydrogen) atoms. The number of rotatable bonds is 7. The van der Waals surface area contributed by atoms with Gasteiger partial charge in [-0.15, -0.1) is 0 Å². The lowest BCUT2D eigenvalue weighted by atomic mass is 10.0. The van der Waals surface area contributed by atoms with Gasteiger partial charge in [-0.2, -0.15) is 5.10 Å². The molecule has 6 heteroatoms. The van der Waals surface area contributed by atoms with Crippen molar-refractivity contribution in [2.24, 2.45) is 5.10 Å². The van der Waals surface area contributed by atoms with Crippen molar-refractivity contribution in [3.63, 3.8) is 0 Å². The minimum Gasteiger partial charge on any atom is -0.494 e. The zero-order valence-corrected chi connectivity index (χ0v) is 15.9. The van der Waals surface area contributed by atoms with Gasteiger partial charge in [0.15, 0.2) is 0 Å². The molecule has 0 atom stereocenters. The summed E-state index contributed by atoms with van der Waals surface area (Å²) in [7, 11) is 0. The highest BCUT2D eigenvalue weighted by Gasteiger charge is 2.12. The van der Waals surface area contributed by atoms with Crippen molar-refractivity contribution >= 4 is 18.0 Å². The summed E-state index contributed by atoms with van der Waals surface area (Å²) in [5, 5.41) is 6.37. The molecule has 0 heterocycles. The molecule has 2 N–H and O–H groups in total. The summed E-state index contributed by atoms with van der Waals surface area (Å²) in [5.41, 5.74) is 5.16. The fourth-order valence-electron chi connectivity index (χ4n) is 2.32. The van der Waals surface area contributed by atoms with Crippen molar-refractivity contribution in [3.05, 3.63) is 65.2 Å². The van der Waals surface area contributed by atoms with Crippen molar-refractivity contribution in [1.82, 2.24) is 10.7 Å². The Morgan fingerprint density at radius 3 is 2.30 bits per heavy atom. The molecule has 2 amide bonds. The molecule has 0 aliphatic heterocycles. The predicted molar refractivity (Wildman–Crippen MR) is 106 cm³/mol. The van der Waals surface area contributed by atoms with E-state index in [-0.39, 0.29) is 6.54 Å². The first-order chi connectivity index (χ1) is 13.0. The summed E-state index contributed by atoms with van der Waals surface area (Å²) >= 11 is 0. The number of carbonyl (C=O) groups excluding carboxylic acids is 2. The second-order valence-electron chi connectivity index (χ2n) is 6.28. The SMILES string of the molecule is CCOc1ccc(/C=N\NC(=O)C(=O)NCc2ccc(C(C)C)cc2)cc1. The van der Waals surface area contributed by atoms with Crippen molar-refractivity contribution < 1.29 is 14.3 Å². The van der Waals surface area contributed by atoms with Crippen molar-refractivity contribution in [1.29, 1.82) is 0 Å². The van der Waals surface area contributed by atoms with Crippen LogP contribution in [0.25, 0.3) is 0 Å². The Balaban J connectivity index is 1.78. The van der Waals surface area contributed by atoms with Gasteiger partial charge in [-0.1, -0.05) is 38.1 Å². The fourth-order valence-corrected chi connectivity index (χ4v) is 2.32. The number of ether oxygens (including phenoxy) is 1. The van der Waals surface area contributed by atoms with Crippen LogP contribution in [0.1, 0.15) is 43.4 Å². The normalized spacial score (nSPS) is 10.8. The lowest BCUT2D eigenvalue weighted by molar-refractivity contribution is -0.139. The first-order valence-corrected chi connectivity index (χ1v) is 8.92. The molecule has 0 bridgehead atoms. The lowest BCUT2D eigenvalue weighted by Crippen LogP contribution is -2.37. The van der Waals surface area contributed by atoms with Gasteiger partial charge in [0.25, 0.3) is 0 Å². The van der Waals surface area contributed by atoms with Gasteiger partial charge in [-0.3, -0.25) is 9.59 Å². The third-order valence-electron chi connectivity index (χ3n) is 3.88. The monoisotopic (exact) mass is 367 g/mol. The van der Waals surface area contributed by atoms with Crippen LogP contribution in [0.5, 0.6) is 5.75 Å². The van der Waals surface area contributed by atoms with E-state index in [1.54, 1.807) is 0 Å². The van der Waals surface area contributed by atoms with Gasteiger partial charge in [0.2, 0.25) is 0 Å². The molecule has 0 saturated heterocycles. The maximum Gasteiger partial charge on any atom is 0.329 e. The van der Waals surface area contributed by atoms with E-state index in [1.807, 2.05) is 55.5 Å². The summed E-state index contributed by atoms with van der Waals surface area (Å²) in [4.78, 5) is 23.6. The first-order valence-electron chi connectivity index (χ1n) is 8.92. The molecular weight excluding hydrogens is 342 g/mol. The van der Waals surface area contributed by atoms with Crippen LogP contribution in [0.15, 0.2) is 53.6 Å². The van der Waals surface area contributed by atoms with Gasteiger partial charge in [-0.05, 0) is 53.8 Å². The molecule has 0 spiro atoms. The molecule has 2 rings (SSSR count). The zero-order chi connectivity index (χ0) is 19.6. The highest BCUT2D eigenvalue weighted by atomic mass is 16.5. The highest BCUT2D eigenvalue weighted by Crippen LogP contribution is 2.14. The van der Waals surface area contributed by atoms with Crippen molar-refractivity contribution in [2.75, 3.05) is 6.61 Å². The van der Waals surface area contributed by atoms with Gasteiger partial charge in [0.05, 0.1) is 12.8 Å². The maximum atomic E-state index is 11.8. The Labute approximate surface area is 159 Å². The van der Waals surface area contributed by atoms with Gasteiger partial charge in [-0.25, -0.2) is 5.43 Å². The van der Waals surface area contributed by atoms with Gasteiger partial charge >= 0.3 is 11.8 Å². The standard InChI is InChI=1S/C21H25N3O3/c1-4-27-19-11-7-17(8-12-19)14-23-24-21(26)20(25)22-13-16-5-9-18(10-6-16)15(2)3/h5-12,14-15H,4,13H2,1-3H3,(H,22,25)(H,24,26)/b23-14-. The van der Waals surface area contributed by atoms with E-state index < -0.39 is 11.8 Å². The van der Waals surface area contributed by atoms with Gasteiger partial charge in [0, 0.05) is 6.54 Å². The highest BCUT2D eigenvalue weighted by molar-refractivity contribution is 6.35. The van der Waals surface area contributed by atoms with Gasteiger partial charge in [0.1, 0.15) is 5.75 Å². The smallest absolute Gasteiger partial charge is 0.329 e. The average molecular weight is 367 g/mol. The molecule has 142 valence electrons. The minimum atomic E-state index is -0.809.